The van der Waals surface area contributed by atoms with E-state index in [2.05, 4.69) is 20.9 Å². The van der Waals surface area contributed by atoms with E-state index in [1.165, 1.54) is 24.3 Å². The number of guanidine groups is 1. The third kappa shape index (κ3) is 9.79. The normalized spacial score (nSPS) is 24.1. The third-order valence-corrected chi connectivity index (χ3v) is 10.1. The largest absolute Gasteiger partial charge is 0.452 e. The van der Waals surface area contributed by atoms with Gasteiger partial charge in [0.2, 0.25) is 11.8 Å². The van der Waals surface area contributed by atoms with Crippen molar-refractivity contribution in [3.63, 3.8) is 0 Å². The number of halogens is 3. The van der Waals surface area contributed by atoms with Crippen molar-refractivity contribution < 1.29 is 37.1 Å². The van der Waals surface area contributed by atoms with Crippen LogP contribution >= 0.6 is 0 Å². The molecule has 7 N–H and O–H groups in total. The monoisotopic (exact) mass is 712 g/mol. The number of amides is 3. The van der Waals surface area contributed by atoms with Crippen LogP contribution < -0.4 is 27.4 Å². The van der Waals surface area contributed by atoms with Gasteiger partial charge in [0, 0.05) is 12.8 Å². The van der Waals surface area contributed by atoms with Crippen molar-refractivity contribution in [3.05, 3.63) is 65.7 Å². The molecular weight excluding hydrogens is 665 g/mol. The Hall–Kier alpha value is -4.62. The molecule has 0 unspecified atom stereocenters. The molecule has 3 amide bonds. The Morgan fingerprint density at radius 2 is 1.29 bits per heavy atom. The first-order valence-electron chi connectivity index (χ1n) is 17.3. The quantitative estimate of drug-likeness (QED) is 0.158. The molecule has 11 nitrogen and oxygen atoms in total. The topological polar surface area (TPSA) is 178 Å². The highest BCUT2D eigenvalue weighted by atomic mass is 19.4. The number of Topliss-reactive ketones (excluding diaryl/α,β-unsaturated/α-hetero) is 1. The number of alkyl halides is 3. The van der Waals surface area contributed by atoms with E-state index < -0.39 is 65.4 Å². The summed E-state index contributed by atoms with van der Waals surface area (Å²) in [5, 5.41) is 7.64. The number of carbonyl (C=O) groups is 4. The second-order valence-corrected chi connectivity index (χ2v) is 15.5. The summed E-state index contributed by atoms with van der Waals surface area (Å²) in [6.45, 7) is 5.22. The average molecular weight is 713 g/mol. The number of hydrogen-bond acceptors (Lipinski definition) is 6. The van der Waals surface area contributed by atoms with Crippen molar-refractivity contribution in [1.29, 1.82) is 0 Å². The molecule has 276 valence electrons. The Bertz CT molecular complexity index is 1580. The standard InChI is InChI=1S/C37H47F3N6O5/c1-35(2,3)29(46-34(50)51-36-18-23-13-24(19-36)15-25(14-23)20-36)32(49)45-28(17-21-7-5-4-6-8-21)31(48)44-27(30(47)37(38,39)40)16-22-9-11-26(12-10-22)43-33(41)42/h4-12,23-25,27-29H,13-20H2,1-3H3,(H,44,48)(H,45,49)(H,46,50)(H4,41,42,43)/t23?,24?,25?,27-,28-,29-,36?/m0/s1. The van der Waals surface area contributed by atoms with E-state index in [4.69, 9.17) is 16.2 Å². The van der Waals surface area contributed by atoms with Gasteiger partial charge in [-0.15, -0.1) is 0 Å². The Kier molecular flexibility index (Phi) is 11.0. The summed E-state index contributed by atoms with van der Waals surface area (Å²) in [6.07, 6.45) is -0.711. The van der Waals surface area contributed by atoms with E-state index in [0.29, 0.717) is 34.6 Å². The van der Waals surface area contributed by atoms with Crippen LogP contribution in [0.2, 0.25) is 0 Å². The molecule has 2 aromatic carbocycles. The smallest absolute Gasteiger partial charge is 0.443 e. The molecule has 0 aliphatic heterocycles. The fourth-order valence-corrected chi connectivity index (χ4v) is 8.26. The molecule has 0 radical (unpaired) electrons. The highest BCUT2D eigenvalue weighted by molar-refractivity contribution is 5.96. The second kappa shape index (κ2) is 14.9. The number of nitrogens with two attached hydrogens (primary N) is 2. The fourth-order valence-electron chi connectivity index (χ4n) is 8.26. The van der Waals surface area contributed by atoms with Crippen molar-refractivity contribution in [3.8, 4) is 0 Å². The van der Waals surface area contributed by atoms with Gasteiger partial charge in [-0.1, -0.05) is 63.2 Å². The Morgan fingerprint density at radius 1 is 0.784 bits per heavy atom. The second-order valence-electron chi connectivity index (χ2n) is 15.5. The maximum atomic E-state index is 13.9. The number of ketones is 1. The van der Waals surface area contributed by atoms with Crippen LogP contribution in [0.25, 0.3) is 0 Å². The molecule has 4 aliphatic rings. The van der Waals surface area contributed by atoms with Crippen molar-refractivity contribution >= 4 is 35.3 Å². The highest BCUT2D eigenvalue weighted by Crippen LogP contribution is 2.57. The van der Waals surface area contributed by atoms with Gasteiger partial charge in [-0.25, -0.2) is 9.79 Å². The van der Waals surface area contributed by atoms with Gasteiger partial charge in [0.1, 0.15) is 23.7 Å². The number of nitrogens with zero attached hydrogens (tertiary/aromatic N) is 1. The van der Waals surface area contributed by atoms with Crippen molar-refractivity contribution in [1.82, 2.24) is 16.0 Å². The SMILES string of the molecule is CC(C)(C)[C@@H](NC(=O)OC12CC3CC(CC(C3)C1)C2)C(=O)N[C@@H](Cc1ccccc1)C(=O)N[C@@H](Cc1ccc(N=C(N)N)cc1)C(=O)C(F)(F)F. The van der Waals surface area contributed by atoms with Gasteiger partial charge < -0.3 is 32.2 Å². The lowest BCUT2D eigenvalue weighted by Gasteiger charge is -2.55. The number of hydrogen-bond donors (Lipinski definition) is 5. The average Bonchev–Trinajstić information content (AvgIpc) is 3.02. The molecule has 51 heavy (non-hydrogen) atoms. The van der Waals surface area contributed by atoms with Crippen LogP contribution in [0.1, 0.15) is 70.4 Å². The lowest BCUT2D eigenvalue weighted by Crippen LogP contribution is -2.61. The fraction of sp³-hybridized carbons (Fsp3) is 0.541. The van der Waals surface area contributed by atoms with Crippen LogP contribution in [0, 0.1) is 23.2 Å². The number of carbonyl (C=O) groups excluding carboxylic acids is 4. The number of ether oxygens (including phenoxy) is 1. The minimum absolute atomic E-state index is 0.104. The highest BCUT2D eigenvalue weighted by Gasteiger charge is 2.53. The van der Waals surface area contributed by atoms with Crippen LogP contribution in [0.15, 0.2) is 59.6 Å². The van der Waals surface area contributed by atoms with Crippen molar-refractivity contribution in [2.24, 2.45) is 39.6 Å². The summed E-state index contributed by atoms with van der Waals surface area (Å²) >= 11 is 0. The van der Waals surface area contributed by atoms with Gasteiger partial charge in [0.15, 0.2) is 5.96 Å². The predicted octanol–water partition coefficient (Wildman–Crippen LogP) is 4.59. The lowest BCUT2D eigenvalue weighted by atomic mass is 9.54. The van der Waals surface area contributed by atoms with Gasteiger partial charge in [-0.3, -0.25) is 14.4 Å². The van der Waals surface area contributed by atoms with E-state index in [0.717, 1.165) is 38.5 Å². The zero-order valence-corrected chi connectivity index (χ0v) is 29.1. The Balaban J connectivity index is 1.33. The predicted molar refractivity (Wildman–Crippen MR) is 184 cm³/mol. The van der Waals surface area contributed by atoms with Gasteiger partial charge in [-0.2, -0.15) is 13.2 Å². The van der Waals surface area contributed by atoms with E-state index in [9.17, 15) is 32.3 Å². The molecule has 0 aromatic heterocycles. The maximum absolute atomic E-state index is 13.9. The van der Waals surface area contributed by atoms with Gasteiger partial charge in [0.25, 0.3) is 5.78 Å². The number of rotatable bonds is 12. The van der Waals surface area contributed by atoms with Gasteiger partial charge in [0.05, 0.1) is 5.69 Å². The van der Waals surface area contributed by atoms with Gasteiger partial charge >= 0.3 is 12.3 Å². The molecule has 0 saturated heterocycles. The summed E-state index contributed by atoms with van der Waals surface area (Å²) in [5.74, 6) is -2.52. The van der Waals surface area contributed by atoms with E-state index in [1.54, 1.807) is 51.1 Å². The maximum Gasteiger partial charge on any atom is 0.452 e. The van der Waals surface area contributed by atoms with Crippen LogP contribution in [0.4, 0.5) is 23.7 Å². The van der Waals surface area contributed by atoms with E-state index in [1.807, 2.05) is 0 Å². The first kappa shape index (κ1) is 37.6. The van der Waals surface area contributed by atoms with E-state index >= 15 is 0 Å². The molecule has 0 spiro atoms. The molecule has 3 atom stereocenters. The van der Waals surface area contributed by atoms with E-state index in [-0.39, 0.29) is 12.4 Å². The van der Waals surface area contributed by atoms with Crippen molar-refractivity contribution in [2.75, 3.05) is 0 Å². The molecule has 4 bridgehead atoms. The Labute approximate surface area is 295 Å². The number of nitrogens with one attached hydrogen (secondary N) is 3. The summed E-state index contributed by atoms with van der Waals surface area (Å²) < 4.78 is 47.4. The summed E-state index contributed by atoms with van der Waals surface area (Å²) in [4.78, 5) is 57.6. The van der Waals surface area contributed by atoms with Gasteiger partial charge in [-0.05, 0) is 85.0 Å². The van der Waals surface area contributed by atoms with Crippen LogP contribution in [0.5, 0.6) is 0 Å². The first-order valence-corrected chi connectivity index (χ1v) is 17.3. The number of aliphatic imine (C=N–C) groups is 1. The molecule has 4 fully saturated rings. The zero-order chi connectivity index (χ0) is 37.1. The van der Waals surface area contributed by atoms with Crippen LogP contribution in [0.3, 0.4) is 0 Å². The number of benzene rings is 2. The molecule has 6 rings (SSSR count). The minimum Gasteiger partial charge on any atom is -0.443 e. The van der Waals surface area contributed by atoms with Crippen LogP contribution in [-0.2, 0) is 32.0 Å². The third-order valence-electron chi connectivity index (χ3n) is 10.1. The summed E-state index contributed by atoms with van der Waals surface area (Å²) in [5.41, 5.74) is 10.6. The lowest BCUT2D eigenvalue weighted by molar-refractivity contribution is -0.173. The van der Waals surface area contributed by atoms with Crippen LogP contribution in [-0.4, -0.2) is 59.6 Å². The molecule has 4 aliphatic carbocycles. The minimum atomic E-state index is -5.26. The number of alkyl carbamates (subject to hydrolysis) is 1. The Morgan fingerprint density at radius 3 is 1.80 bits per heavy atom. The molecule has 4 saturated carbocycles. The summed E-state index contributed by atoms with van der Waals surface area (Å²) in [6, 6.07) is 9.80. The first-order chi connectivity index (χ1) is 23.9. The van der Waals surface area contributed by atoms with Crippen molar-refractivity contribution in [2.45, 2.75) is 102 Å². The molecule has 0 heterocycles. The molecule has 14 heteroatoms. The molecule has 2 aromatic rings. The zero-order valence-electron chi connectivity index (χ0n) is 29.1. The molecular formula is C37H47F3N6O5. The summed E-state index contributed by atoms with van der Waals surface area (Å²) in [7, 11) is 0.